The minimum absolute atomic E-state index is 2.50. The molecule has 18 heavy (non-hydrogen) atoms. The molecule has 0 atom stereocenters. The first-order chi connectivity index (χ1) is 8.91. The number of hydrogen-bond acceptors (Lipinski definition) is 2. The Morgan fingerprint density at radius 2 is 0.722 bits per heavy atom. The quantitative estimate of drug-likeness (QED) is 0.373. The zero-order valence-electron chi connectivity index (χ0n) is 8.36. The fourth-order valence-corrected chi connectivity index (χ4v) is 0.263. The summed E-state index contributed by atoms with van der Waals surface area (Å²) in [6.45, 7) is 2.99. The molecule has 0 unspecified atom stereocenters. The van der Waals surface area contributed by atoms with Gasteiger partial charge >= 0.3 is 0 Å². The van der Waals surface area contributed by atoms with Gasteiger partial charge in [-0.25, -0.2) is 0 Å². The molecule has 0 aliphatic rings. The van der Waals surface area contributed by atoms with E-state index in [0.29, 0.717) is 0 Å². The molecule has 0 aromatic carbocycles. The van der Waals surface area contributed by atoms with E-state index in [9.17, 15) is 0 Å². The van der Waals surface area contributed by atoms with E-state index in [0.717, 1.165) is 0 Å². The van der Waals surface area contributed by atoms with Crippen LogP contribution >= 0.6 is 0 Å². The van der Waals surface area contributed by atoms with Crippen LogP contribution in [0.5, 0.6) is 0 Å². The number of rotatable bonds is 8. The second-order valence-electron chi connectivity index (χ2n) is 1.49. The van der Waals surface area contributed by atoms with Gasteiger partial charge in [-0.1, -0.05) is 0 Å². The summed E-state index contributed by atoms with van der Waals surface area (Å²) in [6, 6.07) is 0. The first-order valence-electron chi connectivity index (χ1n) is 3.54. The molecule has 0 aromatic rings. The molecule has 0 radical (unpaired) electrons. The SMILES string of the molecule is C=NN=NN=NN=NN=NN=NN=NN=NN=N. The Morgan fingerprint density at radius 3 is 1.00 bits per heavy atom. The van der Waals surface area contributed by atoms with Crippen molar-refractivity contribution in [1.29, 1.82) is 5.53 Å². The smallest absolute Gasteiger partial charge is 0.0151 e. The van der Waals surface area contributed by atoms with Crippen LogP contribution in [-0.4, -0.2) is 6.72 Å². The van der Waals surface area contributed by atoms with Crippen molar-refractivity contribution in [2.24, 2.45) is 83.5 Å². The Morgan fingerprint density at radius 1 is 0.444 bits per heavy atom. The van der Waals surface area contributed by atoms with Gasteiger partial charge in [0.05, 0.1) is 0 Å². The highest BCUT2D eigenvalue weighted by molar-refractivity contribution is 5.22. The Balaban J connectivity index is 3.82. The summed E-state index contributed by atoms with van der Waals surface area (Å²) >= 11 is 0. The van der Waals surface area contributed by atoms with Crippen LogP contribution in [-0.2, 0) is 0 Å². The van der Waals surface area contributed by atoms with E-state index in [2.05, 4.69) is 90.2 Å². The minimum atomic E-state index is 2.50. The van der Waals surface area contributed by atoms with Crippen LogP contribution in [0.3, 0.4) is 0 Å². The molecular weight excluding hydrogens is 250 g/mol. The van der Waals surface area contributed by atoms with E-state index < -0.39 is 0 Å². The van der Waals surface area contributed by atoms with Gasteiger partial charge in [-0.05, 0) is 78.3 Å². The summed E-state index contributed by atoms with van der Waals surface area (Å²) in [7, 11) is 0. The maximum Gasteiger partial charge on any atom is 0.0151 e. The van der Waals surface area contributed by atoms with Gasteiger partial charge in [0.2, 0.25) is 0 Å². The average molecular weight is 253 g/mol. The summed E-state index contributed by atoms with van der Waals surface area (Å²) in [5, 5.41) is 46.8. The summed E-state index contributed by atoms with van der Waals surface area (Å²) in [5.41, 5.74) is 6.18. The van der Waals surface area contributed by atoms with Crippen LogP contribution in [0.1, 0.15) is 0 Å². The lowest BCUT2D eigenvalue weighted by molar-refractivity contribution is 0.743. The maximum absolute atomic E-state index is 6.18. The third-order valence-corrected chi connectivity index (χ3v) is 0.628. The number of hydrogen-bond donors (Lipinski definition) is 1. The van der Waals surface area contributed by atoms with Crippen molar-refractivity contribution >= 4 is 6.72 Å². The molecule has 0 amide bonds. The molecule has 0 bridgehead atoms. The standard InChI is InChI=1S/CH3N17/c1-3-5-7-9-11-13-15-17-18-16-14-12-10-8-6-4-2/h2H,1H2. The zero-order chi connectivity index (χ0) is 13.3. The first-order valence-corrected chi connectivity index (χ1v) is 3.54. The molecule has 0 fully saturated rings. The fourth-order valence-electron chi connectivity index (χ4n) is 0.263. The van der Waals surface area contributed by atoms with E-state index in [-0.39, 0.29) is 0 Å². The second kappa shape index (κ2) is 13.5. The third kappa shape index (κ3) is 12.5. The van der Waals surface area contributed by atoms with Gasteiger partial charge in [-0.3, -0.25) is 0 Å². The van der Waals surface area contributed by atoms with Gasteiger partial charge in [0.15, 0.2) is 0 Å². The van der Waals surface area contributed by atoms with E-state index >= 15 is 0 Å². The Hall–Kier alpha value is -3.53. The van der Waals surface area contributed by atoms with Gasteiger partial charge in [-0.15, -0.1) is 5.10 Å². The van der Waals surface area contributed by atoms with Crippen molar-refractivity contribution in [3.63, 3.8) is 0 Å². The Kier molecular flexibility index (Phi) is 10.8. The van der Waals surface area contributed by atoms with E-state index in [1.54, 1.807) is 0 Å². The zero-order valence-corrected chi connectivity index (χ0v) is 8.36. The predicted molar refractivity (Wildman–Crippen MR) is 48.7 cm³/mol. The summed E-state index contributed by atoms with van der Waals surface area (Å²) in [6.07, 6.45) is 0. The highest BCUT2D eigenvalue weighted by Gasteiger charge is 1.69. The van der Waals surface area contributed by atoms with E-state index in [1.165, 1.54) is 0 Å². The van der Waals surface area contributed by atoms with Gasteiger partial charge in [0, 0.05) is 6.72 Å². The van der Waals surface area contributed by atoms with Crippen LogP contribution in [0.25, 0.3) is 0 Å². The van der Waals surface area contributed by atoms with Crippen molar-refractivity contribution < 1.29 is 0 Å². The van der Waals surface area contributed by atoms with Gasteiger partial charge in [0.25, 0.3) is 0 Å². The van der Waals surface area contributed by atoms with Gasteiger partial charge in [0.1, 0.15) is 0 Å². The van der Waals surface area contributed by atoms with Crippen LogP contribution in [0.2, 0.25) is 0 Å². The van der Waals surface area contributed by atoms with E-state index in [4.69, 9.17) is 5.53 Å². The largest absolute Gasteiger partial charge is 0.183 e. The van der Waals surface area contributed by atoms with Crippen LogP contribution in [0, 0.1) is 5.53 Å². The average Bonchev–Trinajstić information content (AvgIpc) is 2.39. The molecule has 0 rings (SSSR count). The van der Waals surface area contributed by atoms with Crippen molar-refractivity contribution in [2.45, 2.75) is 0 Å². The van der Waals surface area contributed by atoms with Crippen molar-refractivity contribution in [2.75, 3.05) is 0 Å². The topological polar surface area (TPSA) is 222 Å². The fraction of sp³-hybridized carbons (Fsp3) is 0. The molecule has 0 heterocycles. The third-order valence-electron chi connectivity index (χ3n) is 0.628. The van der Waals surface area contributed by atoms with Crippen molar-refractivity contribution in [1.82, 2.24) is 0 Å². The van der Waals surface area contributed by atoms with Crippen LogP contribution in [0.4, 0.5) is 0 Å². The summed E-state index contributed by atoms with van der Waals surface area (Å²) < 4.78 is 0. The Labute approximate surface area is 96.8 Å². The molecule has 0 saturated heterocycles. The molecule has 0 aliphatic carbocycles. The molecule has 92 valence electrons. The van der Waals surface area contributed by atoms with Crippen LogP contribution < -0.4 is 0 Å². The highest BCUT2D eigenvalue weighted by Crippen LogP contribution is 1.88. The molecule has 1 N–H and O–H groups in total. The second-order valence-corrected chi connectivity index (χ2v) is 1.49. The molecule has 0 saturated carbocycles. The maximum atomic E-state index is 6.18. The monoisotopic (exact) mass is 253 g/mol. The van der Waals surface area contributed by atoms with Crippen LogP contribution in [0.15, 0.2) is 83.5 Å². The lowest BCUT2D eigenvalue weighted by atomic mass is 11.7. The molecule has 17 nitrogen and oxygen atoms in total. The van der Waals surface area contributed by atoms with E-state index in [1.807, 2.05) is 0 Å². The Bertz CT molecular complexity index is 373. The molecule has 0 aromatic heterocycles. The van der Waals surface area contributed by atoms with Gasteiger partial charge < -0.3 is 0 Å². The number of nitrogens with one attached hydrogen (secondary N) is 1. The highest BCUT2D eigenvalue weighted by atomic mass is 15.7. The predicted octanol–water partition coefficient (Wildman–Crippen LogP) is 3.20. The summed E-state index contributed by atoms with van der Waals surface area (Å²) in [5.74, 6) is 0. The normalized spacial score (nSPS) is 13.6. The lowest BCUT2D eigenvalue weighted by Crippen LogP contribution is -1.50. The van der Waals surface area contributed by atoms with Crippen molar-refractivity contribution in [3.8, 4) is 0 Å². The van der Waals surface area contributed by atoms with Crippen molar-refractivity contribution in [3.05, 3.63) is 0 Å². The van der Waals surface area contributed by atoms with Gasteiger partial charge in [-0.2, -0.15) is 5.53 Å². The summed E-state index contributed by atoms with van der Waals surface area (Å²) in [4.78, 5) is 0. The number of nitrogens with zero attached hydrogens (tertiary/aromatic N) is 16. The molecular formula is CH3N17. The molecule has 0 aliphatic heterocycles. The lowest BCUT2D eigenvalue weighted by Gasteiger charge is -1.69. The minimum Gasteiger partial charge on any atom is -0.183 e. The molecule has 0 spiro atoms. The molecule has 17 heteroatoms. The first kappa shape index (κ1) is 14.5.